The highest BCUT2D eigenvalue weighted by Gasteiger charge is 2.32. The van der Waals surface area contributed by atoms with Crippen LogP contribution in [0.25, 0.3) is 0 Å². The third kappa shape index (κ3) is 2.61. The second-order valence-corrected chi connectivity index (χ2v) is 5.94. The van der Waals surface area contributed by atoms with E-state index in [9.17, 15) is 0 Å². The van der Waals surface area contributed by atoms with E-state index in [1.54, 1.807) is 0 Å². The fraction of sp³-hybridized carbons (Fsp3) is 0.600. The summed E-state index contributed by atoms with van der Waals surface area (Å²) in [6.07, 6.45) is 0. The van der Waals surface area contributed by atoms with Gasteiger partial charge in [0, 0.05) is 25.7 Å². The number of rotatable bonds is 3. The van der Waals surface area contributed by atoms with Crippen molar-refractivity contribution in [2.24, 2.45) is 5.73 Å². The average Bonchev–Trinajstić information content (AvgIpc) is 2.86. The maximum atomic E-state index is 6.01. The highest BCUT2D eigenvalue weighted by atomic mass is 16.7. The number of hydrogen-bond acceptors (Lipinski definition) is 5. The Kier molecular flexibility index (Phi) is 3.58. The molecule has 1 atom stereocenters. The maximum absolute atomic E-state index is 6.01. The summed E-state index contributed by atoms with van der Waals surface area (Å²) in [7, 11) is 0. The molecule has 0 radical (unpaired) electrons. The molecule has 5 nitrogen and oxygen atoms in total. The van der Waals surface area contributed by atoms with Crippen LogP contribution in [0.2, 0.25) is 0 Å². The second-order valence-electron chi connectivity index (χ2n) is 5.94. The summed E-state index contributed by atoms with van der Waals surface area (Å²) in [6.45, 7) is 7.64. The first kappa shape index (κ1) is 13.7. The zero-order valence-electron chi connectivity index (χ0n) is 12.1. The summed E-state index contributed by atoms with van der Waals surface area (Å²) in [5, 5.41) is 0. The predicted octanol–water partition coefficient (Wildman–Crippen LogP) is 1.53. The lowest BCUT2D eigenvalue weighted by Gasteiger charge is -2.42. The summed E-state index contributed by atoms with van der Waals surface area (Å²) < 4.78 is 16.6. The van der Waals surface area contributed by atoms with Crippen LogP contribution in [0, 0.1) is 0 Å². The van der Waals surface area contributed by atoms with Crippen molar-refractivity contribution in [3.63, 3.8) is 0 Å². The Morgan fingerprint density at radius 3 is 2.85 bits per heavy atom. The molecule has 1 unspecified atom stereocenters. The van der Waals surface area contributed by atoms with Crippen LogP contribution in [0.4, 0.5) is 0 Å². The van der Waals surface area contributed by atoms with Gasteiger partial charge in [0.25, 0.3) is 0 Å². The number of hydrogen-bond donors (Lipinski definition) is 1. The molecule has 1 aromatic rings. The molecule has 0 aliphatic carbocycles. The highest BCUT2D eigenvalue weighted by molar-refractivity contribution is 5.45. The van der Waals surface area contributed by atoms with Crippen molar-refractivity contribution in [1.29, 1.82) is 0 Å². The second kappa shape index (κ2) is 5.24. The molecule has 3 rings (SSSR count). The van der Waals surface area contributed by atoms with E-state index in [0.29, 0.717) is 13.3 Å². The van der Waals surface area contributed by atoms with Crippen LogP contribution >= 0.6 is 0 Å². The van der Waals surface area contributed by atoms with Crippen molar-refractivity contribution < 1.29 is 14.2 Å². The summed E-state index contributed by atoms with van der Waals surface area (Å²) in [5.74, 6) is 1.63. The van der Waals surface area contributed by atoms with Crippen LogP contribution in [0.1, 0.15) is 25.5 Å². The number of nitrogens with zero attached hydrogens (tertiary/aromatic N) is 1. The molecule has 1 aromatic carbocycles. The van der Waals surface area contributed by atoms with Gasteiger partial charge in [0.1, 0.15) is 0 Å². The Hall–Kier alpha value is -1.30. The molecule has 20 heavy (non-hydrogen) atoms. The molecule has 2 aliphatic heterocycles. The fourth-order valence-corrected chi connectivity index (χ4v) is 2.94. The van der Waals surface area contributed by atoms with Gasteiger partial charge in [-0.1, -0.05) is 6.07 Å². The molecule has 110 valence electrons. The number of nitrogens with two attached hydrogens (primary N) is 1. The molecule has 2 aliphatic rings. The van der Waals surface area contributed by atoms with Gasteiger partial charge in [0.15, 0.2) is 11.5 Å². The fourth-order valence-electron chi connectivity index (χ4n) is 2.94. The molecule has 0 amide bonds. The lowest BCUT2D eigenvalue weighted by atomic mass is 10.0. The van der Waals surface area contributed by atoms with Crippen molar-refractivity contribution >= 4 is 0 Å². The van der Waals surface area contributed by atoms with Crippen LogP contribution in [0.5, 0.6) is 11.5 Å². The zero-order valence-corrected chi connectivity index (χ0v) is 12.1. The van der Waals surface area contributed by atoms with Crippen molar-refractivity contribution in [3.05, 3.63) is 23.8 Å². The Bertz CT molecular complexity index is 490. The lowest BCUT2D eigenvalue weighted by Crippen LogP contribution is -2.50. The van der Waals surface area contributed by atoms with E-state index >= 15 is 0 Å². The van der Waals surface area contributed by atoms with Crippen LogP contribution in [0.15, 0.2) is 18.2 Å². The van der Waals surface area contributed by atoms with E-state index in [2.05, 4.69) is 24.8 Å². The third-order valence-corrected chi connectivity index (χ3v) is 3.90. The number of ether oxygens (including phenoxy) is 3. The first-order chi connectivity index (χ1) is 9.59. The first-order valence-electron chi connectivity index (χ1n) is 7.07. The number of benzene rings is 1. The lowest BCUT2D eigenvalue weighted by molar-refractivity contribution is -0.0967. The Morgan fingerprint density at radius 1 is 1.30 bits per heavy atom. The van der Waals surface area contributed by atoms with E-state index in [0.717, 1.165) is 31.2 Å². The van der Waals surface area contributed by atoms with Gasteiger partial charge >= 0.3 is 0 Å². The third-order valence-electron chi connectivity index (χ3n) is 3.90. The normalized spacial score (nSPS) is 22.8. The molecule has 0 bridgehead atoms. The Morgan fingerprint density at radius 2 is 2.10 bits per heavy atom. The van der Waals surface area contributed by atoms with E-state index in [1.165, 1.54) is 5.56 Å². The zero-order chi connectivity index (χ0) is 14.2. The van der Waals surface area contributed by atoms with Gasteiger partial charge in [-0.3, -0.25) is 4.90 Å². The predicted molar refractivity (Wildman–Crippen MR) is 76.0 cm³/mol. The van der Waals surface area contributed by atoms with Crippen molar-refractivity contribution in [2.45, 2.75) is 25.5 Å². The standard InChI is InChI=1S/C15H22N2O3/c1-15(2)9-17(5-6-20-15)12(8-16)11-3-4-13-14(7-11)19-10-18-13/h3-4,7,12H,5-6,8-10,16H2,1-2H3. The van der Waals surface area contributed by atoms with E-state index in [4.69, 9.17) is 19.9 Å². The van der Waals surface area contributed by atoms with Gasteiger partial charge in [0.2, 0.25) is 6.79 Å². The molecule has 5 heteroatoms. The summed E-state index contributed by atoms with van der Waals surface area (Å²) in [5.41, 5.74) is 7.07. The van der Waals surface area contributed by atoms with Crippen molar-refractivity contribution in [3.8, 4) is 11.5 Å². The smallest absolute Gasteiger partial charge is 0.231 e. The van der Waals surface area contributed by atoms with E-state index in [1.807, 2.05) is 12.1 Å². The topological polar surface area (TPSA) is 57.0 Å². The van der Waals surface area contributed by atoms with Crippen LogP contribution in [0.3, 0.4) is 0 Å². The molecule has 0 saturated carbocycles. The Balaban J connectivity index is 1.82. The van der Waals surface area contributed by atoms with Gasteiger partial charge in [-0.05, 0) is 31.5 Å². The maximum Gasteiger partial charge on any atom is 0.231 e. The molecule has 0 spiro atoms. The average molecular weight is 278 g/mol. The summed E-state index contributed by atoms with van der Waals surface area (Å²) in [6, 6.07) is 6.27. The quantitative estimate of drug-likeness (QED) is 0.908. The molecule has 2 heterocycles. The monoisotopic (exact) mass is 278 g/mol. The highest BCUT2D eigenvalue weighted by Crippen LogP contribution is 2.36. The summed E-state index contributed by atoms with van der Waals surface area (Å²) >= 11 is 0. The molecular formula is C15H22N2O3. The molecule has 2 N–H and O–H groups in total. The largest absolute Gasteiger partial charge is 0.454 e. The van der Waals surface area contributed by atoms with Gasteiger partial charge in [0.05, 0.1) is 12.2 Å². The SMILES string of the molecule is CC1(C)CN(C(CN)c2ccc3c(c2)OCO3)CCO1. The van der Waals surface area contributed by atoms with Crippen LogP contribution < -0.4 is 15.2 Å². The molecule has 0 aromatic heterocycles. The minimum absolute atomic E-state index is 0.123. The number of fused-ring (bicyclic) bond motifs is 1. The summed E-state index contributed by atoms with van der Waals surface area (Å²) in [4.78, 5) is 2.39. The minimum Gasteiger partial charge on any atom is -0.454 e. The van der Waals surface area contributed by atoms with Crippen LogP contribution in [-0.4, -0.2) is 43.5 Å². The molecule has 1 saturated heterocycles. The van der Waals surface area contributed by atoms with E-state index < -0.39 is 0 Å². The van der Waals surface area contributed by atoms with Crippen LogP contribution in [-0.2, 0) is 4.74 Å². The first-order valence-corrected chi connectivity index (χ1v) is 7.07. The molecule has 1 fully saturated rings. The van der Waals surface area contributed by atoms with Crippen molar-refractivity contribution in [2.75, 3.05) is 33.0 Å². The van der Waals surface area contributed by atoms with Gasteiger partial charge in [-0.15, -0.1) is 0 Å². The van der Waals surface area contributed by atoms with Gasteiger partial charge < -0.3 is 19.9 Å². The van der Waals surface area contributed by atoms with E-state index in [-0.39, 0.29) is 11.6 Å². The Labute approximate surface area is 119 Å². The number of morpholine rings is 1. The van der Waals surface area contributed by atoms with Gasteiger partial charge in [-0.25, -0.2) is 0 Å². The van der Waals surface area contributed by atoms with Gasteiger partial charge in [-0.2, -0.15) is 0 Å². The van der Waals surface area contributed by atoms with Crippen molar-refractivity contribution in [1.82, 2.24) is 4.90 Å². The molecular weight excluding hydrogens is 256 g/mol. The minimum atomic E-state index is -0.123.